The molecular weight excluding hydrogens is 248 g/mol. The molecule has 2 rings (SSSR count). The minimum absolute atomic E-state index is 0.162. The number of nitrogens with one attached hydrogen (secondary N) is 1. The molecule has 0 fully saturated rings. The Hall–Kier alpha value is -2.16. The number of rotatable bonds is 7. The Balaban J connectivity index is 2.36. The average molecular weight is 267 g/mol. The summed E-state index contributed by atoms with van der Waals surface area (Å²) in [6.45, 7) is 2.18. The first kappa shape index (κ1) is 14.3. The summed E-state index contributed by atoms with van der Waals surface area (Å²) in [6, 6.07) is 12.8. The molecule has 0 aliphatic rings. The van der Waals surface area contributed by atoms with Crippen molar-refractivity contribution in [2.45, 2.75) is 32.2 Å². The van der Waals surface area contributed by atoms with Gasteiger partial charge < -0.3 is 5.32 Å². The van der Waals surface area contributed by atoms with E-state index in [1.54, 1.807) is 12.4 Å². The molecule has 20 heavy (non-hydrogen) atoms. The van der Waals surface area contributed by atoms with Gasteiger partial charge in [-0.3, -0.25) is 9.78 Å². The van der Waals surface area contributed by atoms with Crippen LogP contribution in [0.25, 0.3) is 0 Å². The molecule has 0 spiro atoms. The lowest BCUT2D eigenvalue weighted by Gasteiger charge is -2.20. The van der Waals surface area contributed by atoms with Crippen molar-refractivity contribution in [3.63, 3.8) is 0 Å². The number of benzene rings is 1. The van der Waals surface area contributed by atoms with Gasteiger partial charge in [0.15, 0.2) is 0 Å². The second kappa shape index (κ2) is 7.43. The summed E-state index contributed by atoms with van der Waals surface area (Å²) in [6.07, 6.45) is 7.56. The summed E-state index contributed by atoms with van der Waals surface area (Å²) in [7, 11) is 0. The minimum Gasteiger partial charge on any atom is -0.348 e. The van der Waals surface area contributed by atoms with Gasteiger partial charge in [0.1, 0.15) is 0 Å². The lowest BCUT2D eigenvalue weighted by atomic mass is 9.93. The highest BCUT2D eigenvalue weighted by molar-refractivity contribution is 5.51. The number of hydrogen-bond donors (Lipinski definition) is 1. The molecular formula is C17H19N2O. The van der Waals surface area contributed by atoms with Crippen LogP contribution in [0.1, 0.15) is 42.5 Å². The summed E-state index contributed by atoms with van der Waals surface area (Å²) < 4.78 is 0. The van der Waals surface area contributed by atoms with Crippen molar-refractivity contribution in [1.82, 2.24) is 10.3 Å². The Bertz CT molecular complexity index is 540. The first-order valence-electron chi connectivity index (χ1n) is 6.95. The third kappa shape index (κ3) is 3.44. The topological polar surface area (TPSA) is 42.0 Å². The summed E-state index contributed by atoms with van der Waals surface area (Å²) >= 11 is 0. The van der Waals surface area contributed by atoms with Crippen LogP contribution in [0.4, 0.5) is 0 Å². The quantitative estimate of drug-likeness (QED) is 0.783. The molecule has 0 aliphatic heterocycles. The van der Waals surface area contributed by atoms with Gasteiger partial charge in [0.05, 0.1) is 6.04 Å². The van der Waals surface area contributed by atoms with Crippen molar-refractivity contribution in [2.75, 3.05) is 0 Å². The van der Waals surface area contributed by atoms with E-state index in [0.717, 1.165) is 36.8 Å². The highest BCUT2D eigenvalue weighted by Gasteiger charge is 2.16. The number of nitrogens with zero attached hydrogens (tertiary/aromatic N) is 1. The van der Waals surface area contributed by atoms with Crippen LogP contribution in [-0.4, -0.2) is 11.4 Å². The van der Waals surface area contributed by atoms with Gasteiger partial charge in [-0.1, -0.05) is 31.5 Å². The van der Waals surface area contributed by atoms with Crippen LogP contribution in [0.15, 0.2) is 42.7 Å². The standard InChI is InChI=1S/C17H19N2O/c1-2-3-7-14-8-4-5-10-16(14)17(19-13-20)15-9-6-11-18-12-15/h4,6,8-13,17H,2-3,7H2,1H3,(H,19,20). The van der Waals surface area contributed by atoms with Crippen molar-refractivity contribution < 1.29 is 4.79 Å². The molecule has 1 N–H and O–H groups in total. The van der Waals surface area contributed by atoms with Gasteiger partial charge in [0.2, 0.25) is 6.41 Å². The van der Waals surface area contributed by atoms with Gasteiger partial charge >= 0.3 is 0 Å². The van der Waals surface area contributed by atoms with Gasteiger partial charge in [0, 0.05) is 12.4 Å². The van der Waals surface area contributed by atoms with E-state index in [-0.39, 0.29) is 6.04 Å². The first-order valence-corrected chi connectivity index (χ1v) is 6.95. The fourth-order valence-corrected chi connectivity index (χ4v) is 2.32. The predicted molar refractivity (Wildman–Crippen MR) is 79.2 cm³/mol. The molecule has 1 atom stereocenters. The maximum absolute atomic E-state index is 10.9. The molecule has 2 aromatic rings. The maximum atomic E-state index is 10.9. The van der Waals surface area contributed by atoms with E-state index in [9.17, 15) is 4.79 Å². The molecule has 3 nitrogen and oxygen atoms in total. The van der Waals surface area contributed by atoms with Crippen LogP contribution in [0, 0.1) is 6.07 Å². The summed E-state index contributed by atoms with van der Waals surface area (Å²) in [4.78, 5) is 15.1. The van der Waals surface area contributed by atoms with Gasteiger partial charge in [-0.05, 0) is 47.7 Å². The molecule has 1 aromatic heterocycles. The van der Waals surface area contributed by atoms with E-state index in [2.05, 4.69) is 29.4 Å². The van der Waals surface area contributed by atoms with Gasteiger partial charge in [-0.15, -0.1) is 0 Å². The van der Waals surface area contributed by atoms with Crippen molar-refractivity contribution in [2.24, 2.45) is 0 Å². The SMILES string of the molecule is CCCCc1cc[c]cc1C(NC=O)c1cccnc1. The largest absolute Gasteiger partial charge is 0.348 e. The van der Waals surface area contributed by atoms with Crippen LogP contribution < -0.4 is 5.32 Å². The van der Waals surface area contributed by atoms with Crippen LogP contribution in [0.3, 0.4) is 0 Å². The van der Waals surface area contributed by atoms with Gasteiger partial charge in [-0.2, -0.15) is 0 Å². The van der Waals surface area contributed by atoms with Crippen molar-refractivity contribution in [3.8, 4) is 0 Å². The lowest BCUT2D eigenvalue weighted by molar-refractivity contribution is -0.110. The molecule has 0 bridgehead atoms. The number of aryl methyl sites for hydroxylation is 1. The zero-order chi connectivity index (χ0) is 14.2. The number of pyridine rings is 1. The number of unbranched alkanes of at least 4 members (excludes halogenated alkanes) is 1. The first-order chi connectivity index (χ1) is 9.86. The number of hydrogen-bond acceptors (Lipinski definition) is 2. The van der Waals surface area contributed by atoms with Crippen LogP contribution >= 0.6 is 0 Å². The molecule has 1 radical (unpaired) electrons. The molecule has 0 aliphatic carbocycles. The van der Waals surface area contributed by atoms with Crippen molar-refractivity contribution in [3.05, 3.63) is 65.5 Å². The number of carbonyl (C=O) groups excluding carboxylic acids is 1. The second-order valence-corrected chi connectivity index (χ2v) is 4.73. The van der Waals surface area contributed by atoms with Crippen LogP contribution in [-0.2, 0) is 11.2 Å². The van der Waals surface area contributed by atoms with E-state index < -0.39 is 0 Å². The van der Waals surface area contributed by atoms with Crippen molar-refractivity contribution >= 4 is 6.41 Å². The van der Waals surface area contributed by atoms with Crippen molar-refractivity contribution in [1.29, 1.82) is 0 Å². The monoisotopic (exact) mass is 267 g/mol. The Labute approximate surface area is 120 Å². The van der Waals surface area contributed by atoms with Crippen LogP contribution in [0.2, 0.25) is 0 Å². The third-order valence-corrected chi connectivity index (χ3v) is 3.35. The number of carbonyl (C=O) groups is 1. The Kier molecular flexibility index (Phi) is 5.30. The summed E-state index contributed by atoms with van der Waals surface area (Å²) in [5, 5.41) is 2.89. The Morgan fingerprint density at radius 3 is 3.05 bits per heavy atom. The van der Waals surface area contributed by atoms with Gasteiger partial charge in [0.25, 0.3) is 0 Å². The smallest absolute Gasteiger partial charge is 0.207 e. The molecule has 0 saturated carbocycles. The van der Waals surface area contributed by atoms with E-state index in [4.69, 9.17) is 0 Å². The fourth-order valence-electron chi connectivity index (χ4n) is 2.32. The zero-order valence-corrected chi connectivity index (χ0v) is 11.7. The molecule has 103 valence electrons. The van der Waals surface area contributed by atoms with E-state index in [1.807, 2.05) is 24.3 Å². The van der Waals surface area contributed by atoms with Gasteiger partial charge in [-0.25, -0.2) is 0 Å². The lowest BCUT2D eigenvalue weighted by Crippen LogP contribution is -2.22. The molecule has 1 unspecified atom stereocenters. The molecule has 1 amide bonds. The Morgan fingerprint density at radius 2 is 2.35 bits per heavy atom. The summed E-state index contributed by atoms with van der Waals surface area (Å²) in [5.74, 6) is 0. The normalized spacial score (nSPS) is 11.8. The molecule has 3 heteroatoms. The van der Waals surface area contributed by atoms with E-state index >= 15 is 0 Å². The average Bonchev–Trinajstić information content (AvgIpc) is 2.52. The fraction of sp³-hybridized carbons (Fsp3) is 0.294. The van der Waals surface area contributed by atoms with E-state index in [0.29, 0.717) is 0 Å². The molecule has 1 heterocycles. The number of amides is 1. The highest BCUT2D eigenvalue weighted by atomic mass is 16.1. The molecule has 1 aromatic carbocycles. The number of aromatic nitrogens is 1. The third-order valence-electron chi connectivity index (χ3n) is 3.35. The Morgan fingerprint density at radius 1 is 1.45 bits per heavy atom. The second-order valence-electron chi connectivity index (χ2n) is 4.73. The maximum Gasteiger partial charge on any atom is 0.207 e. The molecule has 0 saturated heterocycles. The predicted octanol–water partition coefficient (Wildman–Crippen LogP) is 3.06. The van der Waals surface area contributed by atoms with Crippen LogP contribution in [0.5, 0.6) is 0 Å². The highest BCUT2D eigenvalue weighted by Crippen LogP contribution is 2.25. The zero-order valence-electron chi connectivity index (χ0n) is 11.7. The van der Waals surface area contributed by atoms with E-state index in [1.165, 1.54) is 5.56 Å². The summed E-state index contributed by atoms with van der Waals surface area (Å²) in [5.41, 5.74) is 3.34. The minimum atomic E-state index is -0.162.